The van der Waals surface area contributed by atoms with Crippen molar-refractivity contribution in [2.24, 2.45) is 0 Å². The van der Waals surface area contributed by atoms with Crippen molar-refractivity contribution in [3.63, 3.8) is 0 Å². The molecule has 0 fully saturated rings. The molecule has 0 saturated carbocycles. The van der Waals surface area contributed by atoms with Gasteiger partial charge < -0.3 is 15.3 Å². The molecule has 0 radical (unpaired) electrons. The Morgan fingerprint density at radius 1 is 0.947 bits per heavy atom. The number of nitrogens with zero attached hydrogens (tertiary/aromatic N) is 1. The quantitative estimate of drug-likeness (QED) is 0.340. The molecule has 2 aromatic rings. The van der Waals surface area contributed by atoms with Crippen LogP contribution in [-0.2, 0) is 6.42 Å². The monoisotopic (exact) mass is 261 g/mol. The van der Waals surface area contributed by atoms with Gasteiger partial charge in [0.1, 0.15) is 5.75 Å². The lowest BCUT2D eigenvalue weighted by atomic mass is 10.0. The number of nitro benzene ring substituents is 1. The van der Waals surface area contributed by atoms with Gasteiger partial charge in [0.2, 0.25) is 0 Å². The number of phenolic OH excluding ortho intramolecular Hbond substituents is 3. The van der Waals surface area contributed by atoms with Crippen molar-refractivity contribution in [2.45, 2.75) is 6.42 Å². The summed E-state index contributed by atoms with van der Waals surface area (Å²) in [6, 6.07) is 8.18. The normalized spacial score (nSPS) is 10.3. The molecule has 2 rings (SSSR count). The van der Waals surface area contributed by atoms with Crippen molar-refractivity contribution in [3.8, 4) is 17.2 Å². The van der Waals surface area contributed by atoms with Crippen LogP contribution < -0.4 is 0 Å². The molecule has 0 aliphatic carbocycles. The SMILES string of the molecule is O=[N+]([O-])c1ccc(Cc2cc(O)c(O)cc2O)cc1. The van der Waals surface area contributed by atoms with Crippen molar-refractivity contribution in [1.82, 2.24) is 0 Å². The Balaban J connectivity index is 2.26. The van der Waals surface area contributed by atoms with E-state index >= 15 is 0 Å². The summed E-state index contributed by atoms with van der Waals surface area (Å²) in [5, 5.41) is 38.7. The first-order chi connectivity index (χ1) is 8.97. The van der Waals surface area contributed by atoms with E-state index in [1.165, 1.54) is 18.2 Å². The summed E-state index contributed by atoms with van der Waals surface area (Å²) in [5.41, 5.74) is 1.15. The fraction of sp³-hybridized carbons (Fsp3) is 0.0769. The standard InChI is InChI=1S/C13H11NO5/c15-11-7-13(17)12(16)6-9(11)5-8-1-3-10(4-2-8)14(18)19/h1-4,6-7,15-17H,5H2. The number of rotatable bonds is 3. The van der Waals surface area contributed by atoms with Gasteiger partial charge in [-0.05, 0) is 11.6 Å². The van der Waals surface area contributed by atoms with E-state index in [4.69, 9.17) is 0 Å². The van der Waals surface area contributed by atoms with Crippen molar-refractivity contribution in [3.05, 3.63) is 57.6 Å². The van der Waals surface area contributed by atoms with Crippen LogP contribution in [0.5, 0.6) is 17.2 Å². The van der Waals surface area contributed by atoms with Crippen LogP contribution >= 0.6 is 0 Å². The molecule has 0 amide bonds. The number of non-ortho nitro benzene ring substituents is 1. The van der Waals surface area contributed by atoms with Gasteiger partial charge in [-0.3, -0.25) is 10.1 Å². The molecule has 98 valence electrons. The molecule has 0 atom stereocenters. The molecule has 0 aliphatic heterocycles. The number of hydrogen-bond acceptors (Lipinski definition) is 5. The number of aromatic hydroxyl groups is 3. The van der Waals surface area contributed by atoms with Crippen molar-refractivity contribution >= 4 is 5.69 Å². The number of phenols is 3. The topological polar surface area (TPSA) is 104 Å². The van der Waals surface area contributed by atoms with E-state index in [0.717, 1.165) is 11.6 Å². The molecular formula is C13H11NO5. The summed E-state index contributed by atoms with van der Waals surface area (Å²) in [4.78, 5) is 10.0. The molecule has 19 heavy (non-hydrogen) atoms. The fourth-order valence-electron chi connectivity index (χ4n) is 1.71. The van der Waals surface area contributed by atoms with Crippen LogP contribution in [0.4, 0.5) is 5.69 Å². The van der Waals surface area contributed by atoms with Crippen molar-refractivity contribution in [1.29, 1.82) is 0 Å². The third-order valence-electron chi connectivity index (χ3n) is 2.72. The first-order valence-electron chi connectivity index (χ1n) is 5.44. The van der Waals surface area contributed by atoms with E-state index in [2.05, 4.69) is 0 Å². The first-order valence-corrected chi connectivity index (χ1v) is 5.44. The van der Waals surface area contributed by atoms with Crippen LogP contribution in [0, 0.1) is 10.1 Å². The van der Waals surface area contributed by atoms with Gasteiger partial charge in [-0.25, -0.2) is 0 Å². The number of hydrogen-bond donors (Lipinski definition) is 3. The molecule has 0 bridgehead atoms. The number of nitro groups is 1. The third-order valence-corrected chi connectivity index (χ3v) is 2.72. The Bertz CT molecular complexity index is 622. The Hall–Kier alpha value is -2.76. The molecule has 0 unspecified atom stereocenters. The molecule has 0 saturated heterocycles. The third kappa shape index (κ3) is 2.74. The number of benzene rings is 2. The minimum absolute atomic E-state index is 0.0125. The molecule has 0 heterocycles. The van der Waals surface area contributed by atoms with Crippen LogP contribution in [0.2, 0.25) is 0 Å². The van der Waals surface area contributed by atoms with E-state index in [1.807, 2.05) is 0 Å². The largest absolute Gasteiger partial charge is 0.508 e. The van der Waals surface area contributed by atoms with E-state index < -0.39 is 10.7 Å². The lowest BCUT2D eigenvalue weighted by Crippen LogP contribution is -1.91. The minimum Gasteiger partial charge on any atom is -0.508 e. The van der Waals surface area contributed by atoms with Gasteiger partial charge in [0, 0.05) is 30.2 Å². The van der Waals surface area contributed by atoms with Gasteiger partial charge in [0.15, 0.2) is 11.5 Å². The fourth-order valence-corrected chi connectivity index (χ4v) is 1.71. The molecule has 6 heteroatoms. The second-order valence-corrected chi connectivity index (χ2v) is 4.07. The maximum Gasteiger partial charge on any atom is 0.269 e. The smallest absolute Gasteiger partial charge is 0.269 e. The van der Waals surface area contributed by atoms with Gasteiger partial charge in [0.05, 0.1) is 4.92 Å². The lowest BCUT2D eigenvalue weighted by Gasteiger charge is -2.07. The van der Waals surface area contributed by atoms with E-state index in [0.29, 0.717) is 5.56 Å². The lowest BCUT2D eigenvalue weighted by molar-refractivity contribution is -0.384. The average Bonchev–Trinajstić information content (AvgIpc) is 2.36. The molecule has 2 aromatic carbocycles. The van der Waals surface area contributed by atoms with Gasteiger partial charge in [-0.1, -0.05) is 12.1 Å². The molecule has 0 spiro atoms. The zero-order chi connectivity index (χ0) is 14.0. The maximum atomic E-state index is 10.5. The van der Waals surface area contributed by atoms with E-state index in [-0.39, 0.29) is 23.6 Å². The highest BCUT2D eigenvalue weighted by Gasteiger charge is 2.10. The average molecular weight is 261 g/mol. The van der Waals surface area contributed by atoms with Crippen LogP contribution in [0.15, 0.2) is 36.4 Å². The highest BCUT2D eigenvalue weighted by atomic mass is 16.6. The Morgan fingerprint density at radius 3 is 2.11 bits per heavy atom. The summed E-state index contributed by atoms with van der Waals surface area (Å²) >= 11 is 0. The molecule has 0 aliphatic rings. The van der Waals surface area contributed by atoms with Gasteiger partial charge >= 0.3 is 0 Å². The van der Waals surface area contributed by atoms with Crippen LogP contribution in [-0.4, -0.2) is 20.2 Å². The molecule has 0 aromatic heterocycles. The summed E-state index contributed by atoms with van der Waals surface area (Å²) in [6.45, 7) is 0. The van der Waals surface area contributed by atoms with E-state index in [9.17, 15) is 25.4 Å². The predicted molar refractivity (Wildman–Crippen MR) is 67.3 cm³/mol. The minimum atomic E-state index is -0.492. The second kappa shape index (κ2) is 4.85. The van der Waals surface area contributed by atoms with Gasteiger partial charge in [0.25, 0.3) is 5.69 Å². The second-order valence-electron chi connectivity index (χ2n) is 4.07. The molecule has 6 nitrogen and oxygen atoms in total. The van der Waals surface area contributed by atoms with Gasteiger partial charge in [-0.2, -0.15) is 0 Å². The van der Waals surface area contributed by atoms with Crippen molar-refractivity contribution in [2.75, 3.05) is 0 Å². The highest BCUT2D eigenvalue weighted by Crippen LogP contribution is 2.33. The van der Waals surface area contributed by atoms with Crippen LogP contribution in [0.3, 0.4) is 0 Å². The zero-order valence-electron chi connectivity index (χ0n) is 9.78. The Morgan fingerprint density at radius 2 is 1.53 bits per heavy atom. The van der Waals surface area contributed by atoms with Crippen molar-refractivity contribution < 1.29 is 20.2 Å². The molecule has 3 N–H and O–H groups in total. The van der Waals surface area contributed by atoms with Crippen LogP contribution in [0.1, 0.15) is 11.1 Å². The van der Waals surface area contributed by atoms with Gasteiger partial charge in [-0.15, -0.1) is 0 Å². The maximum absolute atomic E-state index is 10.5. The Kier molecular flexibility index (Phi) is 3.24. The highest BCUT2D eigenvalue weighted by molar-refractivity contribution is 5.50. The predicted octanol–water partition coefficient (Wildman–Crippen LogP) is 2.30. The summed E-state index contributed by atoms with van der Waals surface area (Å²) in [6.07, 6.45) is 0.289. The van der Waals surface area contributed by atoms with E-state index in [1.54, 1.807) is 12.1 Å². The zero-order valence-corrected chi connectivity index (χ0v) is 9.78. The Labute approximate surface area is 108 Å². The van der Waals surface area contributed by atoms with Crippen LogP contribution in [0.25, 0.3) is 0 Å². The summed E-state index contributed by atoms with van der Waals surface area (Å²) < 4.78 is 0. The molecular weight excluding hydrogens is 250 g/mol. The summed E-state index contributed by atoms with van der Waals surface area (Å²) in [5.74, 6) is -0.867. The summed E-state index contributed by atoms with van der Waals surface area (Å²) in [7, 11) is 0. The first kappa shape index (κ1) is 12.7.